The third kappa shape index (κ3) is 3.79. The Bertz CT molecular complexity index is 1030. The van der Waals surface area contributed by atoms with Crippen LogP contribution in [0.2, 0.25) is 0 Å². The molecular formula is C22H16FNO2S2. The van der Waals surface area contributed by atoms with Crippen molar-refractivity contribution in [2.24, 2.45) is 0 Å². The average molecular weight is 410 g/mol. The first kappa shape index (κ1) is 18.7. The van der Waals surface area contributed by atoms with E-state index in [4.69, 9.17) is 0 Å². The maximum absolute atomic E-state index is 13.1. The van der Waals surface area contributed by atoms with E-state index in [-0.39, 0.29) is 24.2 Å². The largest absolute Gasteiger partial charge is 0.273 e. The Morgan fingerprint density at radius 1 is 0.893 bits per heavy atom. The molecule has 1 aromatic heterocycles. The molecule has 0 N–H and O–H groups in total. The molecule has 2 aromatic carbocycles. The van der Waals surface area contributed by atoms with Crippen molar-refractivity contribution in [2.45, 2.75) is 11.3 Å². The summed E-state index contributed by atoms with van der Waals surface area (Å²) in [6, 6.07) is 19.4. The fourth-order valence-electron chi connectivity index (χ4n) is 2.99. The number of thiophene rings is 1. The minimum atomic E-state index is -0.305. The molecule has 0 saturated carbocycles. The molecule has 4 rings (SSSR count). The number of nitrogens with zero attached hydrogens (tertiary/aromatic N) is 1. The van der Waals surface area contributed by atoms with Crippen LogP contribution in [0.3, 0.4) is 0 Å². The van der Waals surface area contributed by atoms with Crippen LogP contribution in [0.5, 0.6) is 0 Å². The molecule has 28 heavy (non-hydrogen) atoms. The molecule has 0 unspecified atom stereocenters. The Labute approximate surface area is 170 Å². The van der Waals surface area contributed by atoms with Crippen LogP contribution < -0.4 is 0 Å². The van der Waals surface area contributed by atoms with Crippen LogP contribution in [0.1, 0.15) is 10.4 Å². The lowest BCUT2D eigenvalue weighted by molar-refractivity contribution is -0.136. The number of thioether (sulfide) groups is 1. The van der Waals surface area contributed by atoms with Gasteiger partial charge in [-0.15, -0.1) is 11.3 Å². The molecule has 0 atom stereocenters. The lowest BCUT2D eigenvalue weighted by atomic mass is 10.1. The number of rotatable bonds is 6. The highest BCUT2D eigenvalue weighted by atomic mass is 32.2. The van der Waals surface area contributed by atoms with Gasteiger partial charge in [0.2, 0.25) is 0 Å². The van der Waals surface area contributed by atoms with Gasteiger partial charge in [0, 0.05) is 16.3 Å². The predicted molar refractivity (Wildman–Crippen MR) is 110 cm³/mol. The van der Waals surface area contributed by atoms with Gasteiger partial charge in [-0.2, -0.15) is 0 Å². The van der Waals surface area contributed by atoms with Gasteiger partial charge in [0.1, 0.15) is 5.82 Å². The van der Waals surface area contributed by atoms with Crippen LogP contribution in [0.4, 0.5) is 4.39 Å². The first-order chi connectivity index (χ1) is 13.6. The number of amides is 2. The predicted octanol–water partition coefficient (Wildman–Crippen LogP) is 5.00. The monoisotopic (exact) mass is 409 g/mol. The van der Waals surface area contributed by atoms with Gasteiger partial charge in [-0.25, -0.2) is 4.39 Å². The van der Waals surface area contributed by atoms with Crippen LogP contribution in [0.15, 0.2) is 81.9 Å². The fourth-order valence-corrected chi connectivity index (χ4v) is 4.85. The second kappa shape index (κ2) is 8.12. The van der Waals surface area contributed by atoms with Crippen LogP contribution in [-0.4, -0.2) is 23.3 Å². The van der Waals surface area contributed by atoms with E-state index in [0.29, 0.717) is 16.9 Å². The fraction of sp³-hybridized carbons (Fsp3) is 0.0909. The van der Waals surface area contributed by atoms with Crippen LogP contribution in [0, 0.1) is 5.82 Å². The van der Waals surface area contributed by atoms with E-state index in [2.05, 4.69) is 0 Å². The Morgan fingerprint density at radius 3 is 2.32 bits per heavy atom. The van der Waals surface area contributed by atoms with Gasteiger partial charge in [0.05, 0.1) is 10.5 Å². The standard InChI is InChI=1S/C22H16FNO2S2/c23-16-10-8-15(9-11-16)12-13-24-21(25)19(18-7-4-14-27-18)20(22(24)26)28-17-5-2-1-3-6-17/h1-11,14H,12-13H2. The van der Waals surface area contributed by atoms with Crippen molar-refractivity contribution in [3.63, 3.8) is 0 Å². The number of hydrogen-bond acceptors (Lipinski definition) is 4. The maximum Gasteiger partial charge on any atom is 0.268 e. The van der Waals surface area contributed by atoms with E-state index < -0.39 is 0 Å². The van der Waals surface area contributed by atoms with Gasteiger partial charge in [-0.1, -0.05) is 48.2 Å². The van der Waals surface area contributed by atoms with Crippen molar-refractivity contribution < 1.29 is 14.0 Å². The summed E-state index contributed by atoms with van der Waals surface area (Å²) in [6.07, 6.45) is 0.485. The number of hydrogen-bond donors (Lipinski definition) is 0. The summed E-state index contributed by atoms with van der Waals surface area (Å²) >= 11 is 2.77. The average Bonchev–Trinajstić information content (AvgIpc) is 3.30. The van der Waals surface area contributed by atoms with Crippen molar-refractivity contribution in [1.82, 2.24) is 4.90 Å². The summed E-state index contributed by atoms with van der Waals surface area (Å²) in [5.74, 6) is -0.849. The SMILES string of the molecule is O=C1C(Sc2ccccc2)=C(c2cccs2)C(=O)N1CCc1ccc(F)cc1. The van der Waals surface area contributed by atoms with E-state index in [1.807, 2.05) is 47.8 Å². The lowest BCUT2D eigenvalue weighted by Gasteiger charge is -2.15. The van der Waals surface area contributed by atoms with Crippen molar-refractivity contribution in [3.8, 4) is 0 Å². The second-order valence-electron chi connectivity index (χ2n) is 6.23. The number of halogens is 1. The molecule has 0 bridgehead atoms. The highest BCUT2D eigenvalue weighted by Crippen LogP contribution is 2.40. The van der Waals surface area contributed by atoms with E-state index in [1.165, 1.54) is 40.1 Å². The second-order valence-corrected chi connectivity index (χ2v) is 8.27. The highest BCUT2D eigenvalue weighted by Gasteiger charge is 2.39. The van der Waals surface area contributed by atoms with Crippen molar-refractivity contribution >= 4 is 40.5 Å². The van der Waals surface area contributed by atoms with E-state index >= 15 is 0 Å². The van der Waals surface area contributed by atoms with E-state index in [0.717, 1.165) is 15.3 Å². The Hall–Kier alpha value is -2.70. The molecule has 2 amide bonds. The van der Waals surface area contributed by atoms with Crippen LogP contribution >= 0.6 is 23.1 Å². The highest BCUT2D eigenvalue weighted by molar-refractivity contribution is 8.04. The topological polar surface area (TPSA) is 37.4 Å². The zero-order chi connectivity index (χ0) is 19.5. The van der Waals surface area contributed by atoms with Gasteiger partial charge in [0.25, 0.3) is 11.8 Å². The number of carbonyl (C=O) groups is 2. The number of carbonyl (C=O) groups excluding carboxylic acids is 2. The zero-order valence-electron chi connectivity index (χ0n) is 14.8. The molecule has 1 aliphatic heterocycles. The zero-order valence-corrected chi connectivity index (χ0v) is 16.4. The van der Waals surface area contributed by atoms with Crippen LogP contribution in [0.25, 0.3) is 5.57 Å². The third-order valence-corrected chi connectivity index (χ3v) is 6.37. The summed E-state index contributed by atoms with van der Waals surface area (Å²) in [5, 5.41) is 1.89. The van der Waals surface area contributed by atoms with Gasteiger partial charge in [-0.3, -0.25) is 14.5 Å². The Morgan fingerprint density at radius 2 is 1.64 bits per heavy atom. The summed E-state index contributed by atoms with van der Waals surface area (Å²) < 4.78 is 13.1. The van der Waals surface area contributed by atoms with Crippen molar-refractivity contribution in [2.75, 3.05) is 6.54 Å². The Balaban J connectivity index is 1.60. The number of imide groups is 1. The minimum absolute atomic E-state index is 0.261. The van der Waals surface area contributed by atoms with Crippen molar-refractivity contribution in [1.29, 1.82) is 0 Å². The minimum Gasteiger partial charge on any atom is -0.273 e. The maximum atomic E-state index is 13.1. The van der Waals surface area contributed by atoms with Gasteiger partial charge in [-0.05, 0) is 47.7 Å². The molecule has 1 aliphatic rings. The summed E-state index contributed by atoms with van der Waals surface area (Å²) in [7, 11) is 0. The first-order valence-electron chi connectivity index (χ1n) is 8.75. The molecule has 3 aromatic rings. The Kier molecular flexibility index (Phi) is 5.41. The third-order valence-electron chi connectivity index (χ3n) is 4.39. The molecule has 2 heterocycles. The lowest BCUT2D eigenvalue weighted by Crippen LogP contribution is -2.33. The normalized spacial score (nSPS) is 14.2. The molecule has 0 spiro atoms. The van der Waals surface area contributed by atoms with Crippen LogP contribution in [-0.2, 0) is 16.0 Å². The first-order valence-corrected chi connectivity index (χ1v) is 10.4. The smallest absolute Gasteiger partial charge is 0.268 e. The molecule has 6 heteroatoms. The molecular weight excluding hydrogens is 393 g/mol. The molecule has 0 fully saturated rings. The van der Waals surface area contributed by atoms with Gasteiger partial charge in [0.15, 0.2) is 0 Å². The summed E-state index contributed by atoms with van der Waals surface area (Å²) in [5.41, 5.74) is 1.34. The molecule has 0 aliphatic carbocycles. The molecule has 3 nitrogen and oxygen atoms in total. The van der Waals surface area contributed by atoms with E-state index in [9.17, 15) is 14.0 Å². The van der Waals surface area contributed by atoms with E-state index in [1.54, 1.807) is 12.1 Å². The number of benzene rings is 2. The molecule has 0 radical (unpaired) electrons. The summed E-state index contributed by atoms with van der Waals surface area (Å²) in [4.78, 5) is 29.6. The summed E-state index contributed by atoms with van der Waals surface area (Å²) in [6.45, 7) is 0.261. The molecule has 140 valence electrons. The van der Waals surface area contributed by atoms with Crippen molar-refractivity contribution in [3.05, 3.63) is 93.3 Å². The van der Waals surface area contributed by atoms with Gasteiger partial charge < -0.3 is 0 Å². The molecule has 0 saturated heterocycles. The quantitative estimate of drug-likeness (QED) is 0.538. The van der Waals surface area contributed by atoms with Gasteiger partial charge >= 0.3 is 0 Å².